The summed E-state index contributed by atoms with van der Waals surface area (Å²) >= 11 is 1.00. The van der Waals surface area contributed by atoms with Gasteiger partial charge in [0.05, 0.1) is 17.5 Å². The number of ether oxygens (including phenoxy) is 1. The SMILES string of the molecule is O=C1CSC(=NN=Cc2c(OC(F)(F)F)ccc(F)c2F)N1. The predicted octanol–water partition coefficient (Wildman–Crippen LogP) is 2.42. The van der Waals surface area contributed by atoms with Gasteiger partial charge in [-0.2, -0.15) is 5.10 Å². The van der Waals surface area contributed by atoms with Crippen LogP contribution in [0.2, 0.25) is 0 Å². The van der Waals surface area contributed by atoms with Crippen molar-refractivity contribution >= 4 is 29.1 Å². The van der Waals surface area contributed by atoms with E-state index in [-0.39, 0.29) is 16.8 Å². The van der Waals surface area contributed by atoms with E-state index in [1.54, 1.807) is 0 Å². The first kappa shape index (κ1) is 16.2. The Morgan fingerprint density at radius 3 is 2.64 bits per heavy atom. The number of thioether (sulfide) groups is 1. The van der Waals surface area contributed by atoms with Crippen molar-refractivity contribution in [1.82, 2.24) is 5.32 Å². The zero-order valence-corrected chi connectivity index (χ0v) is 11.3. The van der Waals surface area contributed by atoms with Crippen LogP contribution in [0.4, 0.5) is 22.0 Å². The maximum Gasteiger partial charge on any atom is 0.573 e. The number of nitrogens with one attached hydrogen (secondary N) is 1. The zero-order valence-electron chi connectivity index (χ0n) is 10.4. The van der Waals surface area contributed by atoms with Crippen molar-refractivity contribution in [1.29, 1.82) is 0 Å². The number of alkyl halides is 3. The van der Waals surface area contributed by atoms with Gasteiger partial charge >= 0.3 is 6.36 Å². The highest BCUT2D eigenvalue weighted by atomic mass is 32.2. The molecular weight excluding hydrogens is 333 g/mol. The molecule has 0 aromatic heterocycles. The minimum atomic E-state index is -5.08. The molecular formula is C11H6F5N3O2S. The maximum absolute atomic E-state index is 13.6. The number of amides is 1. The van der Waals surface area contributed by atoms with E-state index < -0.39 is 29.3 Å². The molecule has 118 valence electrons. The molecule has 1 saturated heterocycles. The number of hydrogen-bond acceptors (Lipinski definition) is 5. The molecule has 1 aliphatic heterocycles. The van der Waals surface area contributed by atoms with E-state index in [2.05, 4.69) is 20.3 Å². The zero-order chi connectivity index (χ0) is 16.3. The third-order valence-electron chi connectivity index (χ3n) is 2.24. The Bertz CT molecular complexity index is 660. The van der Waals surface area contributed by atoms with Gasteiger partial charge in [-0.1, -0.05) is 11.8 Å². The van der Waals surface area contributed by atoms with Crippen LogP contribution in [0, 0.1) is 11.6 Å². The number of hydrogen-bond donors (Lipinski definition) is 1. The Labute approximate surface area is 124 Å². The van der Waals surface area contributed by atoms with Gasteiger partial charge < -0.3 is 10.1 Å². The molecule has 1 amide bonds. The van der Waals surface area contributed by atoms with E-state index >= 15 is 0 Å². The number of amidine groups is 1. The van der Waals surface area contributed by atoms with Crippen LogP contribution in [0.15, 0.2) is 22.3 Å². The van der Waals surface area contributed by atoms with Gasteiger partial charge in [0, 0.05) is 0 Å². The number of benzene rings is 1. The van der Waals surface area contributed by atoms with Crippen molar-refractivity contribution in [3.63, 3.8) is 0 Å². The van der Waals surface area contributed by atoms with Crippen molar-refractivity contribution in [2.24, 2.45) is 10.2 Å². The van der Waals surface area contributed by atoms with Gasteiger partial charge in [0.15, 0.2) is 16.8 Å². The number of carbonyl (C=O) groups is 1. The fourth-order valence-electron chi connectivity index (χ4n) is 1.40. The summed E-state index contributed by atoms with van der Waals surface area (Å²) in [6, 6.07) is 1.11. The molecule has 0 bridgehead atoms. The van der Waals surface area contributed by atoms with Crippen LogP contribution >= 0.6 is 11.8 Å². The second kappa shape index (κ2) is 6.30. The average molecular weight is 339 g/mol. The molecule has 0 aliphatic carbocycles. The maximum atomic E-state index is 13.6. The van der Waals surface area contributed by atoms with Crippen molar-refractivity contribution < 1.29 is 31.5 Å². The molecule has 0 atom stereocenters. The molecule has 22 heavy (non-hydrogen) atoms. The normalized spacial score (nSPS) is 17.3. The first-order chi connectivity index (χ1) is 10.3. The summed E-state index contributed by atoms with van der Waals surface area (Å²) in [5.74, 6) is -4.10. The van der Waals surface area contributed by atoms with Gasteiger partial charge in [-0.05, 0) is 12.1 Å². The van der Waals surface area contributed by atoms with Crippen LogP contribution in [0.25, 0.3) is 0 Å². The van der Waals surface area contributed by atoms with Crippen LogP contribution in [0.3, 0.4) is 0 Å². The van der Waals surface area contributed by atoms with E-state index in [9.17, 15) is 26.7 Å². The number of carbonyl (C=O) groups excluding carboxylic acids is 1. The Morgan fingerprint density at radius 1 is 1.32 bits per heavy atom. The summed E-state index contributed by atoms with van der Waals surface area (Å²) < 4.78 is 66.9. The highest BCUT2D eigenvalue weighted by molar-refractivity contribution is 8.15. The molecule has 0 saturated carbocycles. The summed E-state index contributed by atoms with van der Waals surface area (Å²) in [5, 5.41) is 9.19. The summed E-state index contributed by atoms with van der Waals surface area (Å²) in [7, 11) is 0. The van der Waals surface area contributed by atoms with Gasteiger partial charge in [0.1, 0.15) is 5.75 Å². The Kier molecular flexibility index (Phi) is 4.64. The first-order valence-corrected chi connectivity index (χ1v) is 6.52. The monoisotopic (exact) mass is 339 g/mol. The van der Waals surface area contributed by atoms with Gasteiger partial charge in [-0.15, -0.1) is 18.3 Å². The lowest BCUT2D eigenvalue weighted by Gasteiger charge is -2.11. The lowest BCUT2D eigenvalue weighted by molar-refractivity contribution is -0.274. The molecule has 1 aliphatic rings. The fourth-order valence-corrected chi connectivity index (χ4v) is 2.03. The summed E-state index contributed by atoms with van der Waals surface area (Å²) in [4.78, 5) is 10.9. The molecule has 0 spiro atoms. The largest absolute Gasteiger partial charge is 0.573 e. The summed E-state index contributed by atoms with van der Waals surface area (Å²) in [6.07, 6.45) is -4.51. The predicted molar refractivity (Wildman–Crippen MR) is 68.7 cm³/mol. The van der Waals surface area contributed by atoms with E-state index in [0.717, 1.165) is 11.8 Å². The molecule has 1 fully saturated rings. The minimum absolute atomic E-state index is 0.0938. The van der Waals surface area contributed by atoms with Gasteiger partial charge in [0.2, 0.25) is 5.91 Å². The standard InChI is InChI=1S/C11H6F5N3O2S/c12-6-1-2-7(21-11(14,15)16)5(9(6)13)3-17-19-10-18-8(20)4-22-10/h1-3H,4H2,(H,18,19,20). The van der Waals surface area contributed by atoms with Crippen molar-refractivity contribution in [3.8, 4) is 5.75 Å². The molecule has 0 unspecified atom stereocenters. The van der Waals surface area contributed by atoms with Crippen molar-refractivity contribution in [3.05, 3.63) is 29.3 Å². The molecule has 1 heterocycles. The second-order valence-corrected chi connectivity index (χ2v) is 4.77. The van der Waals surface area contributed by atoms with Gasteiger partial charge in [0.25, 0.3) is 0 Å². The third kappa shape index (κ3) is 4.16. The molecule has 1 aromatic rings. The van der Waals surface area contributed by atoms with Crippen molar-refractivity contribution in [2.75, 3.05) is 5.75 Å². The molecule has 1 aromatic carbocycles. The number of halogens is 5. The Morgan fingerprint density at radius 2 is 2.05 bits per heavy atom. The first-order valence-electron chi connectivity index (χ1n) is 5.53. The average Bonchev–Trinajstić information content (AvgIpc) is 2.82. The molecule has 5 nitrogen and oxygen atoms in total. The van der Waals surface area contributed by atoms with Crippen LogP contribution in [0.5, 0.6) is 5.75 Å². The summed E-state index contributed by atoms with van der Waals surface area (Å²) in [6.45, 7) is 0. The molecule has 0 radical (unpaired) electrons. The molecule has 1 N–H and O–H groups in total. The third-order valence-corrected chi connectivity index (χ3v) is 3.10. The van der Waals surface area contributed by atoms with E-state index in [1.807, 2.05) is 0 Å². The summed E-state index contributed by atoms with van der Waals surface area (Å²) in [5.41, 5.74) is -0.851. The lowest BCUT2D eigenvalue weighted by atomic mass is 10.2. The van der Waals surface area contributed by atoms with Crippen molar-refractivity contribution in [2.45, 2.75) is 6.36 Å². The topological polar surface area (TPSA) is 63.0 Å². The highest BCUT2D eigenvalue weighted by Gasteiger charge is 2.33. The Balaban J connectivity index is 2.28. The van der Waals surface area contributed by atoms with Crippen LogP contribution in [0.1, 0.15) is 5.56 Å². The van der Waals surface area contributed by atoms with Gasteiger partial charge in [-0.25, -0.2) is 8.78 Å². The van der Waals surface area contributed by atoms with E-state index in [0.29, 0.717) is 18.3 Å². The minimum Gasteiger partial charge on any atom is -0.405 e. The molecule has 11 heteroatoms. The number of nitrogens with zero attached hydrogens (tertiary/aromatic N) is 2. The van der Waals surface area contributed by atoms with E-state index in [4.69, 9.17) is 0 Å². The van der Waals surface area contributed by atoms with Crippen LogP contribution < -0.4 is 10.1 Å². The smallest absolute Gasteiger partial charge is 0.405 e. The molecule has 2 rings (SSSR count). The fraction of sp³-hybridized carbons (Fsp3) is 0.182. The second-order valence-electron chi connectivity index (χ2n) is 3.81. The van der Waals surface area contributed by atoms with E-state index in [1.165, 1.54) is 0 Å². The van der Waals surface area contributed by atoms with Crippen LogP contribution in [-0.4, -0.2) is 29.4 Å². The van der Waals surface area contributed by atoms with Gasteiger partial charge in [-0.3, -0.25) is 4.79 Å². The van der Waals surface area contributed by atoms with Crippen LogP contribution in [-0.2, 0) is 4.79 Å². The Hall–Kier alpha value is -2.17. The lowest BCUT2D eigenvalue weighted by Crippen LogP contribution is -2.20. The highest BCUT2D eigenvalue weighted by Crippen LogP contribution is 2.28. The quantitative estimate of drug-likeness (QED) is 0.523. The number of rotatable bonds is 3.